The number of para-hydroxylation sites is 1. The number of nitrogens with one attached hydrogen (secondary N) is 2. The fraction of sp³-hybridized carbons (Fsp3) is 0.234. The number of allylic oxidation sites excluding steroid dienone is 2. The molecule has 310 valence electrons. The molecule has 2 heterocycles. The van der Waals surface area contributed by atoms with E-state index in [1.54, 1.807) is 54.6 Å². The van der Waals surface area contributed by atoms with E-state index in [0.29, 0.717) is 33.3 Å². The van der Waals surface area contributed by atoms with Gasteiger partial charge in [0.05, 0.1) is 60.9 Å². The molecule has 6 atom stereocenters. The van der Waals surface area contributed by atoms with Crippen LogP contribution in [0.15, 0.2) is 121 Å². The number of hydrazine groups is 1. The van der Waals surface area contributed by atoms with Crippen molar-refractivity contribution in [2.45, 2.75) is 24.2 Å². The molecular formula is C47H40Cl2N4O8. The van der Waals surface area contributed by atoms with E-state index in [1.165, 1.54) is 38.4 Å². The zero-order valence-corrected chi connectivity index (χ0v) is 34.7. The molecule has 2 aliphatic carbocycles. The highest BCUT2D eigenvalue weighted by molar-refractivity contribution is 6.36. The highest BCUT2D eigenvalue weighted by Crippen LogP contribution is 2.66. The number of phenolic OH excluding ortho intramolecular Hbond substituents is 1. The monoisotopic (exact) mass is 858 g/mol. The Hall–Kier alpha value is -6.50. The lowest BCUT2D eigenvalue weighted by atomic mass is 9.49. The number of methoxy groups -OCH3 is 3. The van der Waals surface area contributed by atoms with Crippen LogP contribution in [0.3, 0.4) is 0 Å². The van der Waals surface area contributed by atoms with Gasteiger partial charge in [0.15, 0.2) is 0 Å². The van der Waals surface area contributed by atoms with Gasteiger partial charge in [-0.2, -0.15) is 5.01 Å². The molecule has 6 unspecified atom stereocenters. The van der Waals surface area contributed by atoms with Gasteiger partial charge in [-0.15, -0.1) is 0 Å². The summed E-state index contributed by atoms with van der Waals surface area (Å²) in [5.74, 6) is -5.73. The predicted molar refractivity (Wildman–Crippen MR) is 230 cm³/mol. The Morgan fingerprint density at radius 2 is 1.44 bits per heavy atom. The van der Waals surface area contributed by atoms with Crippen LogP contribution in [-0.4, -0.2) is 55.1 Å². The van der Waals surface area contributed by atoms with Crippen molar-refractivity contribution in [3.63, 3.8) is 0 Å². The zero-order valence-electron chi connectivity index (χ0n) is 33.2. The number of halogens is 2. The summed E-state index contributed by atoms with van der Waals surface area (Å²) in [5.41, 5.74) is 4.91. The second kappa shape index (κ2) is 15.5. The van der Waals surface area contributed by atoms with Gasteiger partial charge in [0.25, 0.3) is 11.8 Å². The number of benzene rings is 5. The van der Waals surface area contributed by atoms with Crippen LogP contribution in [0.4, 0.5) is 22.7 Å². The molecule has 4 aliphatic rings. The Kier molecular flexibility index (Phi) is 10.2. The largest absolute Gasteiger partial charge is 0.507 e. The molecule has 61 heavy (non-hydrogen) atoms. The number of carbonyl (C=O) groups is 4. The normalized spacial score (nSPS) is 24.1. The van der Waals surface area contributed by atoms with Gasteiger partial charge in [0, 0.05) is 40.0 Å². The number of nitrogens with zero attached hydrogens (tertiary/aromatic N) is 2. The van der Waals surface area contributed by atoms with Crippen LogP contribution in [0.1, 0.15) is 29.9 Å². The SMILES string of the molecule is COc1ccc(C23C(=O)N(Nc4ccc(Cl)cc4Cl)C(=O)C2CC2C(=CCC4C(=O)N(c5ccc(Nc6ccccc6)cc5)C(=O)C42)C3c2c(O)cc(OC)cc2OC)cc1. The predicted octanol–water partition coefficient (Wildman–Crippen LogP) is 8.66. The van der Waals surface area contributed by atoms with Crippen molar-refractivity contribution in [2.24, 2.45) is 23.7 Å². The van der Waals surface area contributed by atoms with Crippen LogP contribution in [0.5, 0.6) is 23.0 Å². The van der Waals surface area contributed by atoms with Gasteiger partial charge in [-0.05, 0) is 91.1 Å². The average Bonchev–Trinajstić information content (AvgIpc) is 3.65. The van der Waals surface area contributed by atoms with E-state index in [4.69, 9.17) is 37.4 Å². The lowest BCUT2D eigenvalue weighted by Gasteiger charge is -2.50. The number of amides is 4. The summed E-state index contributed by atoms with van der Waals surface area (Å²) in [6, 6.07) is 31.3. The number of rotatable bonds is 10. The minimum atomic E-state index is -1.73. The van der Waals surface area contributed by atoms with E-state index in [-0.39, 0.29) is 46.5 Å². The maximum Gasteiger partial charge on any atom is 0.260 e. The Balaban J connectivity index is 1.20. The summed E-state index contributed by atoms with van der Waals surface area (Å²) in [4.78, 5) is 61.3. The number of imide groups is 2. The van der Waals surface area contributed by atoms with Crippen molar-refractivity contribution >= 4 is 69.6 Å². The number of aromatic hydroxyl groups is 1. The molecule has 4 amide bonds. The summed E-state index contributed by atoms with van der Waals surface area (Å²) in [6.45, 7) is 0. The number of phenols is 1. The van der Waals surface area contributed by atoms with Crippen molar-refractivity contribution in [1.29, 1.82) is 0 Å². The molecule has 5 aromatic carbocycles. The van der Waals surface area contributed by atoms with E-state index in [1.807, 2.05) is 48.5 Å². The molecule has 0 bridgehead atoms. The third kappa shape index (κ3) is 6.35. The number of ether oxygens (including phenoxy) is 3. The fourth-order valence-electron chi connectivity index (χ4n) is 9.96. The van der Waals surface area contributed by atoms with Crippen LogP contribution in [0.25, 0.3) is 0 Å². The molecule has 3 fully saturated rings. The molecule has 5 aromatic rings. The van der Waals surface area contributed by atoms with Gasteiger partial charge in [-0.25, -0.2) is 0 Å². The second-order valence-electron chi connectivity index (χ2n) is 15.5. The molecule has 2 aliphatic heterocycles. The molecule has 9 rings (SSSR count). The minimum Gasteiger partial charge on any atom is -0.507 e. The highest BCUT2D eigenvalue weighted by Gasteiger charge is 2.71. The quantitative estimate of drug-likeness (QED) is 0.0922. The van der Waals surface area contributed by atoms with E-state index in [0.717, 1.165) is 16.4 Å². The van der Waals surface area contributed by atoms with Crippen molar-refractivity contribution in [3.8, 4) is 23.0 Å². The molecular weight excluding hydrogens is 819 g/mol. The molecule has 12 nitrogen and oxygen atoms in total. The van der Waals surface area contributed by atoms with E-state index >= 15 is 9.59 Å². The summed E-state index contributed by atoms with van der Waals surface area (Å²) < 4.78 is 17.0. The Labute approximate surface area is 361 Å². The molecule has 3 N–H and O–H groups in total. The summed E-state index contributed by atoms with van der Waals surface area (Å²) in [6.07, 6.45) is 2.11. The number of hydrogen-bond donors (Lipinski definition) is 3. The van der Waals surface area contributed by atoms with Crippen LogP contribution >= 0.6 is 23.2 Å². The van der Waals surface area contributed by atoms with Gasteiger partial charge in [0.1, 0.15) is 23.0 Å². The molecule has 14 heteroatoms. The van der Waals surface area contributed by atoms with Crippen molar-refractivity contribution in [1.82, 2.24) is 5.01 Å². The van der Waals surface area contributed by atoms with Gasteiger partial charge in [-0.3, -0.25) is 29.5 Å². The fourth-order valence-corrected chi connectivity index (χ4v) is 10.4. The lowest BCUT2D eigenvalue weighted by Crippen LogP contribution is -2.53. The van der Waals surface area contributed by atoms with Crippen LogP contribution in [-0.2, 0) is 24.6 Å². The number of fused-ring (bicyclic) bond motifs is 4. The zero-order chi connectivity index (χ0) is 42.7. The average molecular weight is 860 g/mol. The van der Waals surface area contributed by atoms with Crippen LogP contribution < -0.4 is 29.9 Å². The van der Waals surface area contributed by atoms with Gasteiger partial charge in [0.2, 0.25) is 11.8 Å². The van der Waals surface area contributed by atoms with E-state index < -0.39 is 52.7 Å². The maximum atomic E-state index is 15.7. The van der Waals surface area contributed by atoms with E-state index in [9.17, 15) is 14.7 Å². The maximum absolute atomic E-state index is 15.7. The van der Waals surface area contributed by atoms with Crippen molar-refractivity contribution < 1.29 is 38.5 Å². The Morgan fingerprint density at radius 1 is 0.738 bits per heavy atom. The third-order valence-electron chi connectivity index (χ3n) is 12.6. The number of hydrogen-bond acceptors (Lipinski definition) is 10. The van der Waals surface area contributed by atoms with Gasteiger partial charge >= 0.3 is 0 Å². The minimum absolute atomic E-state index is 0.0264. The first-order valence-electron chi connectivity index (χ1n) is 19.7. The molecule has 0 spiro atoms. The summed E-state index contributed by atoms with van der Waals surface area (Å²) in [7, 11) is 4.42. The summed E-state index contributed by atoms with van der Waals surface area (Å²) in [5, 5.41) is 16.9. The van der Waals surface area contributed by atoms with Crippen molar-refractivity contribution in [3.05, 3.63) is 142 Å². The van der Waals surface area contributed by atoms with Crippen LogP contribution in [0, 0.1) is 23.7 Å². The van der Waals surface area contributed by atoms with Crippen molar-refractivity contribution in [2.75, 3.05) is 37.0 Å². The second-order valence-corrected chi connectivity index (χ2v) is 16.4. The first kappa shape index (κ1) is 39.9. The van der Waals surface area contributed by atoms with E-state index in [2.05, 4.69) is 10.7 Å². The van der Waals surface area contributed by atoms with Gasteiger partial charge in [-0.1, -0.05) is 65.2 Å². The first-order valence-corrected chi connectivity index (χ1v) is 20.4. The Morgan fingerprint density at radius 3 is 2.11 bits per heavy atom. The van der Waals surface area contributed by atoms with Gasteiger partial charge < -0.3 is 24.6 Å². The summed E-state index contributed by atoms with van der Waals surface area (Å²) >= 11 is 12.8. The number of carbonyl (C=O) groups excluding carboxylic acids is 4. The topological polar surface area (TPSA) is 147 Å². The third-order valence-corrected chi connectivity index (χ3v) is 13.2. The lowest BCUT2D eigenvalue weighted by molar-refractivity contribution is -0.138. The number of anilines is 4. The standard InChI is InChI=1S/C47H40Cl2N4O8/c1-59-30-16-9-25(10-17-30)47-35(44(56)53(46(47)58)51-37-20-11-26(48)21-36(37)49)24-34-32(42(47)41-38(54)22-31(60-2)23-39(41)61-3)18-19-33-40(34)45(57)52(43(33)55)29-14-12-28(13-15-29)50-27-7-5-4-6-8-27/h4-18,20-23,33-35,40,42,50-51,54H,19,24H2,1-3H3. The smallest absolute Gasteiger partial charge is 0.260 e. The van der Waals surface area contributed by atoms with Crippen LogP contribution in [0.2, 0.25) is 10.0 Å². The molecule has 2 saturated heterocycles. The molecule has 1 saturated carbocycles. The first-order chi connectivity index (χ1) is 29.5. The molecule has 0 radical (unpaired) electrons. The molecule has 0 aromatic heterocycles. The Bertz CT molecular complexity index is 2620. The highest BCUT2D eigenvalue weighted by atomic mass is 35.5.